The lowest BCUT2D eigenvalue weighted by atomic mass is 9.94. The first-order valence-electron chi connectivity index (χ1n) is 24.7. The third kappa shape index (κ3) is 13.2. The molecule has 7 saturated heterocycles. The minimum atomic E-state index is -2.53. The summed E-state index contributed by atoms with van der Waals surface area (Å²) in [6, 6.07) is 0. The van der Waals surface area contributed by atoms with Crippen molar-refractivity contribution >= 4 is 5.97 Å². The third-order valence-corrected chi connectivity index (χ3v) is 14.5. The summed E-state index contributed by atoms with van der Waals surface area (Å²) >= 11 is 0. The lowest BCUT2D eigenvalue weighted by molar-refractivity contribution is -0.421. The summed E-state index contributed by atoms with van der Waals surface area (Å²) in [5.41, 5.74) is 0. The summed E-state index contributed by atoms with van der Waals surface area (Å²) in [4.78, 5) is 12.8. The summed E-state index contributed by atoms with van der Waals surface area (Å²) < 4.78 is 73.9. The highest BCUT2D eigenvalue weighted by atomic mass is 16.8. The van der Waals surface area contributed by atoms with Gasteiger partial charge < -0.3 is 179 Å². The molecule has 7 heterocycles. The maximum Gasteiger partial charge on any atom is 0.335 e. The van der Waals surface area contributed by atoms with Crippen LogP contribution in [-0.4, -0.2) is 378 Å². The van der Waals surface area contributed by atoms with Crippen LogP contribution in [0.2, 0.25) is 0 Å². The maximum atomic E-state index is 12.8. The molecule has 7 fully saturated rings. The molecule has 7 aliphatic rings. The van der Waals surface area contributed by atoms with Crippen LogP contribution in [0.3, 0.4) is 0 Å². The van der Waals surface area contributed by atoms with E-state index in [1.54, 1.807) is 0 Å². The molecular weight excluding hydrogens is 1100 g/mol. The summed E-state index contributed by atoms with van der Waals surface area (Å²) in [5.74, 6) is -2.00. The number of ether oxygens (including phenoxy) is 13. The van der Waals surface area contributed by atoms with E-state index in [1.807, 2.05) is 0 Å². The number of aliphatic hydroxyl groups excluding tert-OH is 22. The van der Waals surface area contributed by atoms with E-state index in [1.165, 1.54) is 0 Å². The Morgan fingerprint density at radius 2 is 0.532 bits per heavy atom. The van der Waals surface area contributed by atoms with Gasteiger partial charge in [-0.1, -0.05) is 0 Å². The molecule has 0 saturated carbocycles. The second kappa shape index (κ2) is 27.4. The molecule has 1 unspecified atom stereocenters. The van der Waals surface area contributed by atoms with Gasteiger partial charge in [-0.3, -0.25) is 0 Å². The Bertz CT molecular complexity index is 1890. The van der Waals surface area contributed by atoms with Crippen LogP contribution in [0, 0.1) is 0 Å². The third-order valence-electron chi connectivity index (χ3n) is 14.5. The standard InChI is InChI=1S/C42H70O37/c43-1-7-13(49)19(55)23(59)37(68-7)75-31-22(58)26(62)40(77-32(31)35(64)65)74-29-17(53)11(5-47)72-42(33(29)78-38-24(60)20(56)14(50)8(2-44)69-38)76-30-18(54)12(6-48)71-41(73-28-16(52)10(4-46)67-36(66)27(28)63)34(30)79-39-25(61)21(57)15(51)9(3-45)70-39/h7-34,36-63,66H,1-6H2,(H,64,65)/t7-,8-,9-,10-,11-,12-,13-,14-,15-,16-,17+,18-,19+,20+,21+,22-,23-,24-,25-,26-,27-,28+,29+,30+,31+,32+,33-,34+,36?,37-,38+,39+,40-,41-,42-/m1/s1. The van der Waals surface area contributed by atoms with Gasteiger partial charge in [0.05, 0.1) is 39.6 Å². The topological polar surface area (TPSA) is 602 Å². The monoisotopic (exact) mass is 1170 g/mol. The number of carboxylic acids is 1. The molecule has 0 bridgehead atoms. The quantitative estimate of drug-likeness (QED) is 0.0571. The Hall–Kier alpha value is -1.93. The number of carbonyl (C=O) groups is 1. The van der Waals surface area contributed by atoms with Crippen molar-refractivity contribution < 1.29 is 184 Å². The van der Waals surface area contributed by atoms with Crippen LogP contribution in [0.15, 0.2) is 0 Å². The smallest absolute Gasteiger partial charge is 0.335 e. The zero-order valence-corrected chi connectivity index (χ0v) is 41.0. The highest BCUT2D eigenvalue weighted by molar-refractivity contribution is 5.73. The average Bonchev–Trinajstić information content (AvgIpc) is 3.59. The zero-order chi connectivity index (χ0) is 58.2. The number of aliphatic hydroxyl groups is 22. The van der Waals surface area contributed by atoms with Crippen molar-refractivity contribution in [1.82, 2.24) is 0 Å². The SMILES string of the molecule is O=C(O)[C@H]1O[C@@H](O[C@H]2[C@@H](O)[C@@H](CO)O[C@H](O[C@H]3[C@H](O)[C@@H](CO)O[C@H](O[C@H]4[C@H](O)[C@@H](CO)OC(O)[C@@H]4O)[C@H]3O[C@@H]3O[C@H](CO)[C@@H](O)[C@H](O)[C@H]3O)[C@@H]2O[C@@H]2O[C@H](CO)[C@@H](O)[C@H](O)[C@H]2O)[C@H](O)[C@@H](O)[C@@H]1O[C@H]1O[C@H](CO)[C@@H](O)[C@H](O)[C@H]1O. The average molecular weight is 1170 g/mol. The van der Waals surface area contributed by atoms with Crippen LogP contribution in [0.1, 0.15) is 0 Å². The summed E-state index contributed by atoms with van der Waals surface area (Å²) in [7, 11) is 0. The van der Waals surface area contributed by atoms with Crippen LogP contribution in [-0.2, 0) is 66.4 Å². The van der Waals surface area contributed by atoms with E-state index in [4.69, 9.17) is 61.6 Å². The van der Waals surface area contributed by atoms with Gasteiger partial charge in [0.1, 0.15) is 165 Å². The van der Waals surface area contributed by atoms with E-state index in [0.29, 0.717) is 0 Å². The van der Waals surface area contributed by atoms with Crippen molar-refractivity contribution in [2.45, 2.75) is 215 Å². The van der Waals surface area contributed by atoms with Crippen LogP contribution in [0.5, 0.6) is 0 Å². The Morgan fingerprint density at radius 3 is 0.899 bits per heavy atom. The summed E-state index contributed by atoms with van der Waals surface area (Å²) in [6.07, 6.45) is -76.5. The number of rotatable bonds is 19. The van der Waals surface area contributed by atoms with Gasteiger partial charge >= 0.3 is 5.97 Å². The molecule has 7 aliphatic heterocycles. The Kier molecular flexibility index (Phi) is 22.4. The molecule has 0 aromatic heterocycles. The maximum absolute atomic E-state index is 12.8. The van der Waals surface area contributed by atoms with E-state index in [-0.39, 0.29) is 0 Å². The first-order valence-corrected chi connectivity index (χ1v) is 24.7. The molecule has 37 nitrogen and oxygen atoms in total. The van der Waals surface area contributed by atoms with Crippen molar-refractivity contribution in [2.24, 2.45) is 0 Å². The molecular formula is C42H70O37. The van der Waals surface area contributed by atoms with Gasteiger partial charge in [0.15, 0.2) is 50.1 Å². The molecule has 0 aromatic carbocycles. The molecule has 23 N–H and O–H groups in total. The zero-order valence-electron chi connectivity index (χ0n) is 41.0. The van der Waals surface area contributed by atoms with Gasteiger partial charge in [0.25, 0.3) is 0 Å². The van der Waals surface area contributed by atoms with E-state index < -0.39 is 261 Å². The molecule has 0 spiro atoms. The Balaban J connectivity index is 1.28. The van der Waals surface area contributed by atoms with Gasteiger partial charge in [0.2, 0.25) is 0 Å². The fraction of sp³-hybridized carbons (Fsp3) is 0.976. The molecule has 0 aliphatic carbocycles. The van der Waals surface area contributed by atoms with Crippen LogP contribution < -0.4 is 0 Å². The molecule has 7 rings (SSSR count). The van der Waals surface area contributed by atoms with Gasteiger partial charge in [-0.05, 0) is 0 Å². The molecule has 460 valence electrons. The largest absolute Gasteiger partial charge is 0.479 e. The van der Waals surface area contributed by atoms with Crippen LogP contribution >= 0.6 is 0 Å². The molecule has 0 amide bonds. The number of hydrogen-bond acceptors (Lipinski definition) is 36. The summed E-state index contributed by atoms with van der Waals surface area (Å²) in [5, 5.41) is 246. The van der Waals surface area contributed by atoms with Crippen molar-refractivity contribution in [1.29, 1.82) is 0 Å². The minimum Gasteiger partial charge on any atom is -0.479 e. The summed E-state index contributed by atoms with van der Waals surface area (Å²) in [6.45, 7) is -6.55. The van der Waals surface area contributed by atoms with E-state index in [0.717, 1.165) is 0 Å². The lowest BCUT2D eigenvalue weighted by Crippen LogP contribution is -2.70. The van der Waals surface area contributed by atoms with Gasteiger partial charge in [0, 0.05) is 0 Å². The molecule has 79 heavy (non-hydrogen) atoms. The van der Waals surface area contributed by atoms with Crippen molar-refractivity contribution in [3.63, 3.8) is 0 Å². The number of aliphatic carboxylic acids is 1. The van der Waals surface area contributed by atoms with E-state index in [9.17, 15) is 122 Å². The van der Waals surface area contributed by atoms with Crippen molar-refractivity contribution in [3.05, 3.63) is 0 Å². The van der Waals surface area contributed by atoms with E-state index >= 15 is 0 Å². The number of carboxylic acid groups (broad SMARTS) is 1. The Labute approximate surface area is 444 Å². The second-order valence-corrected chi connectivity index (χ2v) is 19.6. The van der Waals surface area contributed by atoms with Crippen LogP contribution in [0.4, 0.5) is 0 Å². The normalized spacial score (nSPS) is 52.9. The van der Waals surface area contributed by atoms with Crippen molar-refractivity contribution in [3.8, 4) is 0 Å². The van der Waals surface area contributed by atoms with Gasteiger partial charge in [-0.25, -0.2) is 4.79 Å². The van der Waals surface area contributed by atoms with Crippen LogP contribution in [0.25, 0.3) is 0 Å². The van der Waals surface area contributed by atoms with E-state index in [2.05, 4.69) is 0 Å². The fourth-order valence-electron chi connectivity index (χ4n) is 9.90. The molecule has 0 radical (unpaired) electrons. The molecule has 35 atom stereocenters. The predicted octanol–water partition coefficient (Wildman–Crippen LogP) is -16.2. The molecule has 0 aromatic rings. The highest BCUT2D eigenvalue weighted by Gasteiger charge is 2.61. The van der Waals surface area contributed by atoms with Gasteiger partial charge in [-0.2, -0.15) is 0 Å². The number of hydrogen-bond donors (Lipinski definition) is 23. The second-order valence-electron chi connectivity index (χ2n) is 19.6. The minimum absolute atomic E-state index is 0.980. The Morgan fingerprint density at radius 1 is 0.266 bits per heavy atom. The predicted molar refractivity (Wildman–Crippen MR) is 232 cm³/mol. The molecule has 37 heteroatoms. The van der Waals surface area contributed by atoms with Gasteiger partial charge in [-0.15, -0.1) is 0 Å². The van der Waals surface area contributed by atoms with Crippen molar-refractivity contribution in [2.75, 3.05) is 39.6 Å². The highest BCUT2D eigenvalue weighted by Crippen LogP contribution is 2.40. The first kappa shape index (κ1) is 64.6. The first-order chi connectivity index (χ1) is 37.4. The lowest BCUT2D eigenvalue weighted by Gasteiger charge is -2.52. The fourth-order valence-corrected chi connectivity index (χ4v) is 9.90.